The van der Waals surface area contributed by atoms with E-state index in [4.69, 9.17) is 9.47 Å². The van der Waals surface area contributed by atoms with Gasteiger partial charge >= 0.3 is 11.4 Å². The smallest absolute Gasteiger partial charge is 0.354 e. The molecule has 4 aromatic rings. The first-order chi connectivity index (χ1) is 17.8. The van der Waals surface area contributed by atoms with E-state index in [2.05, 4.69) is 21.9 Å². The summed E-state index contributed by atoms with van der Waals surface area (Å²) >= 11 is 0. The number of nitrogens with zero attached hydrogens (tertiary/aromatic N) is 4. The van der Waals surface area contributed by atoms with Gasteiger partial charge in [-0.2, -0.15) is 4.98 Å². The quantitative estimate of drug-likeness (QED) is 0.321. The van der Waals surface area contributed by atoms with Crippen LogP contribution in [0.4, 0.5) is 11.6 Å². The first kappa shape index (κ1) is 25.4. The lowest BCUT2D eigenvalue weighted by Crippen LogP contribution is -2.44. The maximum atomic E-state index is 13.5. The fourth-order valence-electron chi connectivity index (χ4n) is 3.64. The van der Waals surface area contributed by atoms with Crippen molar-refractivity contribution in [2.24, 2.45) is 5.92 Å². The Bertz CT molecular complexity index is 1480. The third-order valence-corrected chi connectivity index (χ3v) is 5.85. The van der Waals surface area contributed by atoms with E-state index >= 15 is 0 Å². The number of benzene rings is 2. The zero-order chi connectivity index (χ0) is 26.4. The Kier molecular flexibility index (Phi) is 7.83. The summed E-state index contributed by atoms with van der Waals surface area (Å²) in [5, 5.41) is 3.12. The van der Waals surface area contributed by atoms with Crippen molar-refractivity contribution in [1.82, 2.24) is 19.1 Å². The second kappa shape index (κ2) is 11.4. The minimum atomic E-state index is -0.654. The molecule has 2 aromatic carbocycles. The Morgan fingerprint density at radius 1 is 1.03 bits per heavy atom. The summed E-state index contributed by atoms with van der Waals surface area (Å²) in [6.45, 7) is 8.01. The second-order valence-electron chi connectivity index (χ2n) is 8.67. The summed E-state index contributed by atoms with van der Waals surface area (Å²) < 4.78 is 13.5. The maximum absolute atomic E-state index is 13.5. The summed E-state index contributed by atoms with van der Waals surface area (Å²) in [6.07, 6.45) is 1.65. The molecule has 0 spiro atoms. The Hall–Kier alpha value is -4.66. The number of anilines is 2. The van der Waals surface area contributed by atoms with Crippen molar-refractivity contribution in [3.05, 3.63) is 117 Å². The Balaban J connectivity index is 1.66. The molecule has 0 aliphatic rings. The average molecular weight is 500 g/mol. The molecule has 0 radical (unpaired) electrons. The van der Waals surface area contributed by atoms with Crippen LogP contribution in [-0.4, -0.2) is 26.2 Å². The molecule has 0 saturated heterocycles. The van der Waals surface area contributed by atoms with Gasteiger partial charge in [-0.3, -0.25) is 4.57 Å². The van der Waals surface area contributed by atoms with Crippen LogP contribution in [0.3, 0.4) is 0 Å². The van der Waals surface area contributed by atoms with Gasteiger partial charge in [-0.15, -0.1) is 0 Å². The van der Waals surface area contributed by atoms with Gasteiger partial charge in [-0.05, 0) is 42.8 Å². The predicted molar refractivity (Wildman–Crippen MR) is 142 cm³/mol. The van der Waals surface area contributed by atoms with E-state index in [1.165, 1.54) is 11.7 Å². The van der Waals surface area contributed by atoms with E-state index in [0.717, 1.165) is 15.7 Å². The molecule has 9 nitrogen and oxygen atoms in total. The van der Waals surface area contributed by atoms with Crippen LogP contribution in [0.15, 0.2) is 94.9 Å². The average Bonchev–Trinajstić information content (AvgIpc) is 2.91. The van der Waals surface area contributed by atoms with Gasteiger partial charge in [0.05, 0.1) is 19.4 Å². The van der Waals surface area contributed by atoms with Crippen LogP contribution < -0.4 is 21.4 Å². The van der Waals surface area contributed by atoms with Crippen LogP contribution in [0.1, 0.15) is 18.1 Å². The highest BCUT2D eigenvalue weighted by molar-refractivity contribution is 5.55. The molecule has 0 amide bonds. The lowest BCUT2D eigenvalue weighted by molar-refractivity contribution is 0.237. The van der Waals surface area contributed by atoms with Crippen LogP contribution in [0.5, 0.6) is 11.6 Å². The van der Waals surface area contributed by atoms with E-state index < -0.39 is 11.4 Å². The fourth-order valence-corrected chi connectivity index (χ4v) is 3.64. The first-order valence-corrected chi connectivity index (χ1v) is 11.8. The largest absolute Gasteiger partial charge is 0.501 e. The van der Waals surface area contributed by atoms with Gasteiger partial charge in [0.15, 0.2) is 0 Å². The van der Waals surface area contributed by atoms with Gasteiger partial charge < -0.3 is 14.8 Å². The molecule has 37 heavy (non-hydrogen) atoms. The molecule has 1 N–H and O–H groups in total. The van der Waals surface area contributed by atoms with Crippen LogP contribution >= 0.6 is 0 Å². The Morgan fingerprint density at radius 3 is 2.41 bits per heavy atom. The van der Waals surface area contributed by atoms with Crippen molar-refractivity contribution in [1.29, 1.82) is 0 Å². The number of hydrogen-bond acceptors (Lipinski definition) is 7. The zero-order valence-electron chi connectivity index (χ0n) is 21.0. The van der Waals surface area contributed by atoms with E-state index in [1.54, 1.807) is 36.5 Å². The third kappa shape index (κ3) is 6.32. The van der Waals surface area contributed by atoms with Gasteiger partial charge in [-0.25, -0.2) is 19.1 Å². The summed E-state index contributed by atoms with van der Waals surface area (Å²) in [5.41, 5.74) is 1.51. The van der Waals surface area contributed by atoms with Crippen molar-refractivity contribution in [3.63, 3.8) is 0 Å². The molecule has 0 aliphatic carbocycles. The number of pyridine rings is 1. The molecule has 0 fully saturated rings. The molecule has 0 unspecified atom stereocenters. The normalized spacial score (nSPS) is 11.5. The lowest BCUT2D eigenvalue weighted by Gasteiger charge is -2.18. The van der Waals surface area contributed by atoms with Crippen LogP contribution in [0, 0.1) is 12.8 Å². The summed E-state index contributed by atoms with van der Waals surface area (Å²) in [7, 11) is 1.51. The summed E-state index contributed by atoms with van der Waals surface area (Å²) in [6, 6.07) is 20.3. The SMILES string of the molecule is C=C(OC)[C@H](C)Cn1c(=O)nc(Nc2ccc(Oc3ccccn3)cc2)n(Cc2ccc(C)cc2)c1=O. The molecule has 0 aliphatic heterocycles. The molecular formula is C28H29N5O4. The highest BCUT2D eigenvalue weighted by Crippen LogP contribution is 2.22. The second-order valence-corrected chi connectivity index (χ2v) is 8.67. The molecule has 0 saturated carbocycles. The third-order valence-electron chi connectivity index (χ3n) is 5.85. The number of nitrogens with one attached hydrogen (secondary N) is 1. The van der Waals surface area contributed by atoms with Crippen molar-refractivity contribution in [3.8, 4) is 11.6 Å². The summed E-state index contributed by atoms with van der Waals surface area (Å²) in [5.74, 6) is 1.44. The van der Waals surface area contributed by atoms with E-state index in [1.807, 2.05) is 50.2 Å². The highest BCUT2D eigenvalue weighted by Gasteiger charge is 2.17. The van der Waals surface area contributed by atoms with Crippen molar-refractivity contribution >= 4 is 11.6 Å². The molecule has 4 rings (SSSR count). The van der Waals surface area contributed by atoms with Crippen molar-refractivity contribution in [2.75, 3.05) is 12.4 Å². The number of hydrogen-bond donors (Lipinski definition) is 1. The first-order valence-electron chi connectivity index (χ1n) is 11.8. The van der Waals surface area contributed by atoms with Crippen LogP contribution in [0.2, 0.25) is 0 Å². The van der Waals surface area contributed by atoms with E-state index in [0.29, 0.717) is 23.1 Å². The van der Waals surface area contributed by atoms with Gasteiger partial charge in [0.1, 0.15) is 5.75 Å². The monoisotopic (exact) mass is 499 g/mol. The fraction of sp³-hybridized carbons (Fsp3) is 0.214. The predicted octanol–water partition coefficient (Wildman–Crippen LogP) is 4.49. The number of aromatic nitrogens is 4. The number of ether oxygens (including phenoxy) is 2. The number of aryl methyl sites for hydroxylation is 1. The minimum absolute atomic E-state index is 0.102. The van der Waals surface area contributed by atoms with Crippen molar-refractivity contribution < 1.29 is 9.47 Å². The molecule has 9 heteroatoms. The molecule has 1 atom stereocenters. The van der Waals surface area contributed by atoms with Gasteiger partial charge in [0.25, 0.3) is 0 Å². The highest BCUT2D eigenvalue weighted by atomic mass is 16.5. The van der Waals surface area contributed by atoms with Crippen LogP contribution in [-0.2, 0) is 17.8 Å². The standard InChI is InChI=1S/C28H29N5O4/c1-19-8-10-22(11-9-19)18-32-26(31-27(34)33(28(32)35)17-20(2)21(3)36-4)30-23-12-14-24(15-13-23)37-25-7-5-6-16-29-25/h5-16,20H,3,17-18H2,1-2,4H3,(H,30,31,34)/t20-/m1/s1. The molecule has 190 valence electrons. The summed E-state index contributed by atoms with van der Waals surface area (Å²) in [4.78, 5) is 34.8. The lowest BCUT2D eigenvalue weighted by atomic mass is 10.1. The van der Waals surface area contributed by atoms with E-state index in [9.17, 15) is 9.59 Å². The van der Waals surface area contributed by atoms with Gasteiger partial charge in [0.2, 0.25) is 11.8 Å². The number of methoxy groups -OCH3 is 1. The van der Waals surface area contributed by atoms with Crippen molar-refractivity contribution in [2.45, 2.75) is 26.9 Å². The minimum Gasteiger partial charge on any atom is -0.501 e. The maximum Gasteiger partial charge on any atom is 0.354 e. The van der Waals surface area contributed by atoms with E-state index in [-0.39, 0.29) is 25.0 Å². The number of allylic oxidation sites excluding steroid dienone is 1. The molecule has 2 aromatic heterocycles. The van der Waals surface area contributed by atoms with Gasteiger partial charge in [0, 0.05) is 30.4 Å². The Morgan fingerprint density at radius 2 is 1.76 bits per heavy atom. The molecule has 0 bridgehead atoms. The Labute approximate surface area is 214 Å². The van der Waals surface area contributed by atoms with Crippen LogP contribution in [0.25, 0.3) is 0 Å². The van der Waals surface area contributed by atoms with Gasteiger partial charge in [-0.1, -0.05) is 49.4 Å². The zero-order valence-corrected chi connectivity index (χ0v) is 21.0. The number of rotatable bonds is 10. The molecule has 2 heterocycles. The topological polar surface area (TPSA) is 100 Å². The molecular weight excluding hydrogens is 470 g/mol.